The molecule has 1 aliphatic heterocycles. The molecule has 4 rings (SSSR count). The highest BCUT2D eigenvalue weighted by Crippen LogP contribution is 2.29. The van der Waals surface area contributed by atoms with Gasteiger partial charge in [-0.15, -0.1) is 0 Å². The van der Waals surface area contributed by atoms with Crippen molar-refractivity contribution in [1.82, 2.24) is 0 Å². The number of nitro benzene ring substituents is 1. The molecular weight excluding hydrogens is 420 g/mol. The highest BCUT2D eigenvalue weighted by Gasteiger charge is 2.25. The van der Waals surface area contributed by atoms with Crippen molar-refractivity contribution in [2.45, 2.75) is 19.3 Å². The standard InChI is InChI=1S/C25H24N4O4/c30-24(6-3-16-26-20-11-13-22(14-12-20)29(32)33)27-21-9-7-19(8-10-21)25(31)28-17-15-18-4-1-2-5-23(18)28/h1-2,4-5,7-14,26H,3,6,15-17H2,(H,27,30). The number of amides is 2. The minimum absolute atomic E-state index is 0.0397. The fraction of sp³-hybridized carbons (Fsp3) is 0.200. The van der Waals surface area contributed by atoms with Crippen LogP contribution < -0.4 is 15.5 Å². The lowest BCUT2D eigenvalue weighted by Gasteiger charge is -2.17. The number of benzene rings is 3. The summed E-state index contributed by atoms with van der Waals surface area (Å²) in [7, 11) is 0. The first-order valence-corrected chi connectivity index (χ1v) is 10.8. The molecule has 0 radical (unpaired) electrons. The van der Waals surface area contributed by atoms with E-state index in [0.29, 0.717) is 37.2 Å². The van der Waals surface area contributed by atoms with Crippen molar-refractivity contribution in [3.05, 3.63) is 94.0 Å². The number of hydrogen-bond donors (Lipinski definition) is 2. The minimum Gasteiger partial charge on any atom is -0.385 e. The van der Waals surface area contributed by atoms with Crippen molar-refractivity contribution in [3.8, 4) is 0 Å². The van der Waals surface area contributed by atoms with Crippen LogP contribution in [-0.2, 0) is 11.2 Å². The van der Waals surface area contributed by atoms with Crippen LogP contribution in [0.25, 0.3) is 0 Å². The number of carbonyl (C=O) groups is 2. The maximum atomic E-state index is 12.9. The lowest BCUT2D eigenvalue weighted by Crippen LogP contribution is -2.28. The summed E-state index contributed by atoms with van der Waals surface area (Å²) in [5, 5.41) is 16.7. The predicted octanol–water partition coefficient (Wildman–Crippen LogP) is 4.63. The summed E-state index contributed by atoms with van der Waals surface area (Å²) in [5.74, 6) is -0.164. The Labute approximate surface area is 191 Å². The van der Waals surface area contributed by atoms with Gasteiger partial charge in [0.1, 0.15) is 0 Å². The van der Waals surface area contributed by atoms with Gasteiger partial charge in [0.2, 0.25) is 5.91 Å². The number of para-hydroxylation sites is 1. The molecule has 0 fully saturated rings. The third-order valence-corrected chi connectivity index (χ3v) is 5.54. The van der Waals surface area contributed by atoms with Crippen LogP contribution >= 0.6 is 0 Å². The Morgan fingerprint density at radius 1 is 0.939 bits per heavy atom. The second-order valence-corrected chi connectivity index (χ2v) is 7.80. The minimum atomic E-state index is -0.442. The first-order valence-electron chi connectivity index (χ1n) is 10.8. The third-order valence-electron chi connectivity index (χ3n) is 5.54. The molecule has 8 heteroatoms. The normalized spacial score (nSPS) is 12.2. The molecule has 2 N–H and O–H groups in total. The first-order chi connectivity index (χ1) is 16.0. The van der Waals surface area contributed by atoms with Gasteiger partial charge in [0, 0.05) is 54.3 Å². The number of fused-ring (bicyclic) bond motifs is 1. The van der Waals surface area contributed by atoms with E-state index in [1.807, 2.05) is 24.3 Å². The number of hydrogen-bond acceptors (Lipinski definition) is 5. The molecule has 0 unspecified atom stereocenters. The number of non-ortho nitro benzene ring substituents is 1. The smallest absolute Gasteiger partial charge is 0.269 e. The van der Waals surface area contributed by atoms with E-state index in [0.717, 1.165) is 17.8 Å². The van der Waals surface area contributed by atoms with Gasteiger partial charge in [-0.05, 0) is 60.9 Å². The Hall–Kier alpha value is -4.20. The van der Waals surface area contributed by atoms with Crippen LogP contribution in [0.4, 0.5) is 22.7 Å². The fourth-order valence-electron chi connectivity index (χ4n) is 3.81. The van der Waals surface area contributed by atoms with Crippen LogP contribution in [-0.4, -0.2) is 29.8 Å². The first kappa shape index (κ1) is 22.0. The Morgan fingerprint density at radius 3 is 2.36 bits per heavy atom. The van der Waals surface area contributed by atoms with Crippen LogP contribution in [0.15, 0.2) is 72.8 Å². The SMILES string of the molecule is O=C(CCCNc1ccc([N+](=O)[O-])cc1)Nc1ccc(C(=O)N2CCc3ccccc32)cc1. The summed E-state index contributed by atoms with van der Waals surface area (Å²) < 4.78 is 0. The molecule has 33 heavy (non-hydrogen) atoms. The highest BCUT2D eigenvalue weighted by atomic mass is 16.6. The molecule has 0 aromatic heterocycles. The largest absolute Gasteiger partial charge is 0.385 e. The second-order valence-electron chi connectivity index (χ2n) is 7.80. The van der Waals surface area contributed by atoms with Gasteiger partial charge < -0.3 is 15.5 Å². The lowest BCUT2D eigenvalue weighted by atomic mass is 10.1. The maximum absolute atomic E-state index is 12.9. The molecule has 168 valence electrons. The molecule has 0 bridgehead atoms. The highest BCUT2D eigenvalue weighted by molar-refractivity contribution is 6.07. The lowest BCUT2D eigenvalue weighted by molar-refractivity contribution is -0.384. The third kappa shape index (κ3) is 5.35. The number of nitrogens with zero attached hydrogens (tertiary/aromatic N) is 2. The van der Waals surface area contributed by atoms with Gasteiger partial charge in [-0.3, -0.25) is 19.7 Å². The van der Waals surface area contributed by atoms with E-state index >= 15 is 0 Å². The summed E-state index contributed by atoms with van der Waals surface area (Å²) in [6.07, 6.45) is 1.79. The summed E-state index contributed by atoms with van der Waals surface area (Å²) in [5.41, 5.74) is 4.17. The number of nitro groups is 1. The van der Waals surface area contributed by atoms with Gasteiger partial charge in [-0.2, -0.15) is 0 Å². The topological polar surface area (TPSA) is 105 Å². The van der Waals surface area contributed by atoms with E-state index in [9.17, 15) is 19.7 Å². The Bertz CT molecular complexity index is 1160. The Morgan fingerprint density at radius 2 is 1.64 bits per heavy atom. The molecule has 3 aromatic carbocycles. The van der Waals surface area contributed by atoms with Gasteiger partial charge in [0.15, 0.2) is 0 Å². The summed E-state index contributed by atoms with van der Waals surface area (Å²) >= 11 is 0. The molecule has 0 saturated carbocycles. The average molecular weight is 444 g/mol. The van der Waals surface area contributed by atoms with Crippen molar-refractivity contribution >= 4 is 34.6 Å². The van der Waals surface area contributed by atoms with Crippen molar-refractivity contribution in [2.24, 2.45) is 0 Å². The molecular formula is C25H24N4O4. The van der Waals surface area contributed by atoms with Crippen LogP contribution in [0.5, 0.6) is 0 Å². The number of nitrogens with one attached hydrogen (secondary N) is 2. The summed E-state index contributed by atoms with van der Waals surface area (Å²) in [4.78, 5) is 37.1. The van der Waals surface area contributed by atoms with Crippen molar-refractivity contribution < 1.29 is 14.5 Å². The van der Waals surface area contributed by atoms with Gasteiger partial charge in [-0.1, -0.05) is 18.2 Å². The van der Waals surface area contributed by atoms with E-state index in [4.69, 9.17) is 0 Å². The van der Waals surface area contributed by atoms with Gasteiger partial charge >= 0.3 is 0 Å². The van der Waals surface area contributed by atoms with Gasteiger partial charge in [0.25, 0.3) is 11.6 Å². The second kappa shape index (κ2) is 9.95. The van der Waals surface area contributed by atoms with Crippen molar-refractivity contribution in [2.75, 3.05) is 28.6 Å². The molecule has 0 spiro atoms. The van der Waals surface area contributed by atoms with Crippen LogP contribution in [0, 0.1) is 10.1 Å². The molecule has 0 aliphatic carbocycles. The van der Waals surface area contributed by atoms with Crippen LogP contribution in [0.1, 0.15) is 28.8 Å². The zero-order valence-corrected chi connectivity index (χ0v) is 18.0. The van der Waals surface area contributed by atoms with E-state index in [1.54, 1.807) is 41.3 Å². The average Bonchev–Trinajstić information content (AvgIpc) is 3.26. The van der Waals surface area contributed by atoms with Crippen molar-refractivity contribution in [3.63, 3.8) is 0 Å². The zero-order chi connectivity index (χ0) is 23.2. The molecule has 3 aromatic rings. The number of rotatable bonds is 8. The van der Waals surface area contributed by atoms with Crippen molar-refractivity contribution in [1.29, 1.82) is 0 Å². The monoisotopic (exact) mass is 444 g/mol. The van der Waals surface area contributed by atoms with E-state index < -0.39 is 4.92 Å². The molecule has 8 nitrogen and oxygen atoms in total. The summed E-state index contributed by atoms with van der Waals surface area (Å²) in [6, 6.07) is 21.0. The summed E-state index contributed by atoms with van der Waals surface area (Å²) in [6.45, 7) is 1.24. The Balaban J connectivity index is 1.23. The number of anilines is 3. The molecule has 0 saturated heterocycles. The number of carbonyl (C=O) groups excluding carboxylic acids is 2. The fourth-order valence-corrected chi connectivity index (χ4v) is 3.81. The Kier molecular flexibility index (Phi) is 6.64. The zero-order valence-electron chi connectivity index (χ0n) is 18.0. The predicted molar refractivity (Wildman–Crippen MR) is 128 cm³/mol. The van der Waals surface area contributed by atoms with Gasteiger partial charge in [-0.25, -0.2) is 0 Å². The molecule has 1 aliphatic rings. The quantitative estimate of drug-likeness (QED) is 0.299. The maximum Gasteiger partial charge on any atom is 0.269 e. The van der Waals surface area contributed by atoms with E-state index in [-0.39, 0.29) is 17.5 Å². The molecule has 2 amide bonds. The van der Waals surface area contributed by atoms with E-state index in [1.165, 1.54) is 17.7 Å². The van der Waals surface area contributed by atoms with Crippen LogP contribution in [0.3, 0.4) is 0 Å². The van der Waals surface area contributed by atoms with Gasteiger partial charge in [0.05, 0.1) is 4.92 Å². The molecule has 0 atom stereocenters. The molecule has 1 heterocycles. The van der Waals surface area contributed by atoms with E-state index in [2.05, 4.69) is 10.6 Å². The van der Waals surface area contributed by atoms with Crippen LogP contribution in [0.2, 0.25) is 0 Å².